The lowest BCUT2D eigenvalue weighted by Crippen LogP contribution is -2.23. The highest BCUT2D eigenvalue weighted by Crippen LogP contribution is 2.35. The fourth-order valence-electron chi connectivity index (χ4n) is 2.81. The van der Waals surface area contributed by atoms with Crippen LogP contribution in [0.1, 0.15) is 29.3 Å². The monoisotopic (exact) mass is 324 g/mol. The van der Waals surface area contributed by atoms with Gasteiger partial charge >= 0.3 is 6.18 Å². The number of alkyl halides is 3. The van der Waals surface area contributed by atoms with Gasteiger partial charge in [0.2, 0.25) is 0 Å². The fraction of sp³-hybridized carbons (Fsp3) is 0.375. The molecule has 0 amide bonds. The van der Waals surface area contributed by atoms with Crippen LogP contribution in [-0.2, 0) is 12.6 Å². The Bertz CT molecular complexity index is 719. The van der Waals surface area contributed by atoms with Crippen molar-refractivity contribution in [1.82, 2.24) is 10.2 Å². The molecule has 0 bridgehead atoms. The highest BCUT2D eigenvalue weighted by atomic mass is 19.4. The number of aliphatic hydroxyl groups is 2. The Hall–Kier alpha value is -1.99. The summed E-state index contributed by atoms with van der Waals surface area (Å²) in [7, 11) is 0. The number of nitrogens with zero attached hydrogens (tertiary/aromatic N) is 2. The molecule has 122 valence electrons. The molecule has 1 aromatic heterocycles. The van der Waals surface area contributed by atoms with Gasteiger partial charge in [0.15, 0.2) is 0 Å². The molecule has 1 heterocycles. The van der Waals surface area contributed by atoms with E-state index in [2.05, 4.69) is 10.2 Å². The molecule has 0 fully saturated rings. The Balaban J connectivity index is 1.98. The van der Waals surface area contributed by atoms with Crippen LogP contribution < -0.4 is 0 Å². The molecule has 0 saturated carbocycles. The molecule has 0 aliphatic heterocycles. The Morgan fingerprint density at radius 3 is 2.65 bits per heavy atom. The molecule has 2 N–H and O–H groups in total. The lowest BCUT2D eigenvalue weighted by atomic mass is 9.85. The Morgan fingerprint density at radius 1 is 1.17 bits per heavy atom. The summed E-state index contributed by atoms with van der Waals surface area (Å²) in [5.74, 6) is -0.0776. The highest BCUT2D eigenvalue weighted by molar-refractivity contribution is 5.61. The van der Waals surface area contributed by atoms with Crippen molar-refractivity contribution < 1.29 is 23.4 Å². The predicted molar refractivity (Wildman–Crippen MR) is 76.3 cm³/mol. The van der Waals surface area contributed by atoms with Crippen LogP contribution >= 0.6 is 0 Å². The molecule has 2 atom stereocenters. The SMILES string of the molecule is OCC1Cc2nnc(-c3cccc(C(F)(F)F)c3)cc2C(O)C1. The number of rotatable bonds is 2. The minimum absolute atomic E-state index is 0.0481. The number of aliphatic hydroxyl groups excluding tert-OH is 2. The summed E-state index contributed by atoms with van der Waals surface area (Å²) >= 11 is 0. The summed E-state index contributed by atoms with van der Waals surface area (Å²) < 4.78 is 38.4. The second kappa shape index (κ2) is 5.90. The van der Waals surface area contributed by atoms with Crippen molar-refractivity contribution in [1.29, 1.82) is 0 Å². The minimum atomic E-state index is -4.43. The van der Waals surface area contributed by atoms with Crippen molar-refractivity contribution >= 4 is 0 Å². The summed E-state index contributed by atoms with van der Waals surface area (Å²) in [6.07, 6.45) is -4.32. The number of fused-ring (bicyclic) bond motifs is 1. The van der Waals surface area contributed by atoms with Crippen LogP contribution in [0.2, 0.25) is 0 Å². The van der Waals surface area contributed by atoms with Gasteiger partial charge in [-0.3, -0.25) is 0 Å². The molecule has 2 unspecified atom stereocenters. The van der Waals surface area contributed by atoms with Gasteiger partial charge < -0.3 is 10.2 Å². The van der Waals surface area contributed by atoms with Crippen molar-refractivity contribution in [3.8, 4) is 11.3 Å². The van der Waals surface area contributed by atoms with Crippen molar-refractivity contribution in [2.75, 3.05) is 6.61 Å². The van der Waals surface area contributed by atoms with Crippen LogP contribution in [-0.4, -0.2) is 27.0 Å². The zero-order chi connectivity index (χ0) is 16.6. The molecule has 1 aromatic carbocycles. The number of hydrogen-bond donors (Lipinski definition) is 2. The van der Waals surface area contributed by atoms with Gasteiger partial charge in [-0.1, -0.05) is 12.1 Å². The van der Waals surface area contributed by atoms with Gasteiger partial charge in [-0.2, -0.15) is 23.4 Å². The minimum Gasteiger partial charge on any atom is -0.396 e. The quantitative estimate of drug-likeness (QED) is 0.891. The molecular formula is C16H15F3N2O2. The Labute approximate surface area is 130 Å². The fourth-order valence-corrected chi connectivity index (χ4v) is 2.81. The third kappa shape index (κ3) is 3.20. The van der Waals surface area contributed by atoms with E-state index in [9.17, 15) is 23.4 Å². The highest BCUT2D eigenvalue weighted by Gasteiger charge is 2.31. The second-order valence-electron chi connectivity index (χ2n) is 5.71. The van der Waals surface area contributed by atoms with E-state index < -0.39 is 17.8 Å². The number of aromatic nitrogens is 2. The number of halogens is 3. The van der Waals surface area contributed by atoms with E-state index in [0.29, 0.717) is 29.7 Å². The molecular weight excluding hydrogens is 309 g/mol. The topological polar surface area (TPSA) is 66.2 Å². The molecule has 4 nitrogen and oxygen atoms in total. The molecule has 7 heteroatoms. The van der Waals surface area contributed by atoms with E-state index in [-0.39, 0.29) is 18.2 Å². The maximum Gasteiger partial charge on any atom is 0.416 e. The van der Waals surface area contributed by atoms with Crippen LogP contribution in [0.4, 0.5) is 13.2 Å². The normalized spacial score (nSPS) is 21.1. The lowest BCUT2D eigenvalue weighted by molar-refractivity contribution is -0.137. The summed E-state index contributed by atoms with van der Waals surface area (Å²) in [5, 5.41) is 27.4. The van der Waals surface area contributed by atoms with E-state index in [1.807, 2.05) is 0 Å². The lowest BCUT2D eigenvalue weighted by Gasteiger charge is -2.26. The van der Waals surface area contributed by atoms with E-state index >= 15 is 0 Å². The summed E-state index contributed by atoms with van der Waals surface area (Å²) in [6, 6.07) is 6.43. The molecule has 0 radical (unpaired) electrons. The van der Waals surface area contributed by atoms with E-state index in [0.717, 1.165) is 12.1 Å². The first-order chi connectivity index (χ1) is 10.9. The zero-order valence-electron chi connectivity index (χ0n) is 12.1. The summed E-state index contributed by atoms with van der Waals surface area (Å²) in [4.78, 5) is 0. The van der Waals surface area contributed by atoms with E-state index in [4.69, 9.17) is 0 Å². The van der Waals surface area contributed by atoms with Crippen molar-refractivity contribution in [3.63, 3.8) is 0 Å². The van der Waals surface area contributed by atoms with Crippen molar-refractivity contribution in [2.24, 2.45) is 5.92 Å². The molecule has 23 heavy (non-hydrogen) atoms. The molecule has 0 spiro atoms. The Kier molecular flexibility index (Phi) is 4.08. The van der Waals surface area contributed by atoms with Crippen molar-refractivity contribution in [3.05, 3.63) is 47.2 Å². The van der Waals surface area contributed by atoms with Crippen molar-refractivity contribution in [2.45, 2.75) is 25.1 Å². The summed E-state index contributed by atoms with van der Waals surface area (Å²) in [5.41, 5.74) is 0.981. The Morgan fingerprint density at radius 2 is 1.96 bits per heavy atom. The number of hydrogen-bond acceptors (Lipinski definition) is 4. The third-order valence-corrected chi connectivity index (χ3v) is 4.05. The number of benzene rings is 1. The second-order valence-corrected chi connectivity index (χ2v) is 5.71. The largest absolute Gasteiger partial charge is 0.416 e. The van der Waals surface area contributed by atoms with Gasteiger partial charge in [0.05, 0.1) is 23.1 Å². The molecule has 1 aliphatic carbocycles. The zero-order valence-corrected chi connectivity index (χ0v) is 12.1. The molecule has 1 aliphatic rings. The van der Waals surface area contributed by atoms with Gasteiger partial charge in [0.25, 0.3) is 0 Å². The maximum atomic E-state index is 12.8. The smallest absolute Gasteiger partial charge is 0.396 e. The molecule has 3 rings (SSSR count). The van der Waals surface area contributed by atoms with Gasteiger partial charge in [-0.25, -0.2) is 0 Å². The van der Waals surface area contributed by atoms with Crippen LogP contribution in [0.5, 0.6) is 0 Å². The van der Waals surface area contributed by atoms with Gasteiger partial charge in [0.1, 0.15) is 0 Å². The average Bonchev–Trinajstić information content (AvgIpc) is 2.53. The first-order valence-corrected chi connectivity index (χ1v) is 7.21. The molecule has 2 aromatic rings. The van der Waals surface area contributed by atoms with Gasteiger partial charge in [0, 0.05) is 17.7 Å². The van der Waals surface area contributed by atoms with Crippen LogP contribution in [0.3, 0.4) is 0 Å². The predicted octanol–water partition coefficient (Wildman–Crippen LogP) is 2.75. The van der Waals surface area contributed by atoms with E-state index in [1.54, 1.807) is 6.07 Å². The van der Waals surface area contributed by atoms with Gasteiger partial charge in [-0.15, -0.1) is 0 Å². The van der Waals surface area contributed by atoms with Crippen LogP contribution in [0.15, 0.2) is 30.3 Å². The summed E-state index contributed by atoms with van der Waals surface area (Å²) in [6.45, 7) is -0.0481. The third-order valence-electron chi connectivity index (χ3n) is 4.05. The first-order valence-electron chi connectivity index (χ1n) is 7.21. The van der Waals surface area contributed by atoms with Gasteiger partial charge in [-0.05, 0) is 37.0 Å². The standard InChI is InChI=1S/C16H15F3N2O2/c17-16(18,19)11-3-1-2-10(6-11)13-7-12-14(21-20-13)4-9(8-22)5-15(12)23/h1-3,6-7,9,15,22-23H,4-5,8H2. The maximum absolute atomic E-state index is 12.8. The van der Waals surface area contributed by atoms with E-state index in [1.165, 1.54) is 12.1 Å². The molecule has 0 saturated heterocycles. The average molecular weight is 324 g/mol. The first kappa shape index (κ1) is 15.9. The van der Waals surface area contributed by atoms with Crippen LogP contribution in [0.25, 0.3) is 11.3 Å². The van der Waals surface area contributed by atoms with Crippen LogP contribution in [0, 0.1) is 5.92 Å².